The highest BCUT2D eigenvalue weighted by Gasteiger charge is 2.33. The number of benzene rings is 3. The zero-order chi connectivity index (χ0) is 81.2. The molecule has 116 heavy (non-hydrogen) atoms. The summed E-state index contributed by atoms with van der Waals surface area (Å²) in [5, 5.41) is 10.9. The lowest BCUT2D eigenvalue weighted by molar-refractivity contribution is -0.275. The number of anilines is 6. The lowest BCUT2D eigenvalue weighted by atomic mass is 10.1. The molecule has 3 aliphatic heterocycles. The Bertz CT molecular complexity index is 5820. The molecule has 12 heterocycles. The van der Waals surface area contributed by atoms with Crippen LogP contribution in [0.4, 0.5) is 47.7 Å². The molecule has 29 heteroatoms. The monoisotopic (exact) mass is 1560 g/mol. The summed E-state index contributed by atoms with van der Waals surface area (Å²) >= 11 is 0. The van der Waals surface area contributed by atoms with Gasteiger partial charge in [0, 0.05) is 246 Å². The molecule has 9 aromatic heterocycles. The Morgan fingerprint density at radius 3 is 1.09 bits per heavy atom. The summed E-state index contributed by atoms with van der Waals surface area (Å²) in [6, 6.07) is 32.2. The molecule has 15 rings (SSSR count). The largest absolute Gasteiger partial charge is 0.573 e. The Morgan fingerprint density at radius 1 is 0.414 bits per heavy atom. The molecule has 0 radical (unpaired) electrons. The van der Waals surface area contributed by atoms with E-state index in [2.05, 4.69) is 158 Å². The van der Waals surface area contributed by atoms with Gasteiger partial charge in [0.2, 0.25) is 0 Å². The molecule has 588 valence electrons. The highest BCUT2D eigenvalue weighted by molar-refractivity contribution is 6.06. The molecular weight excluding hydrogens is 1480 g/mol. The number of hydrogen-bond acceptors (Lipinski definition) is 23. The van der Waals surface area contributed by atoms with Crippen molar-refractivity contribution in [3.63, 3.8) is 0 Å². The number of fused-ring (bicyclic) bond motifs is 3. The Labute approximate surface area is 668 Å². The summed E-state index contributed by atoms with van der Waals surface area (Å²) in [6.07, 6.45) is 14.0. The van der Waals surface area contributed by atoms with Crippen LogP contribution in [-0.4, -0.2) is 205 Å². The number of ether oxygens (including phenoxy) is 2. The number of pyridine rings is 9. The van der Waals surface area contributed by atoms with Crippen LogP contribution in [0, 0.1) is 42.4 Å². The van der Waals surface area contributed by atoms with Crippen LogP contribution >= 0.6 is 0 Å². The first-order chi connectivity index (χ1) is 56.1. The van der Waals surface area contributed by atoms with Crippen molar-refractivity contribution in [1.29, 1.82) is 0 Å². The Balaban J connectivity index is 0.000000152. The second-order valence-corrected chi connectivity index (χ2v) is 28.1. The third-order valence-corrected chi connectivity index (χ3v) is 19.7. The predicted octanol–water partition coefficient (Wildman–Crippen LogP) is 10.2. The van der Waals surface area contributed by atoms with Gasteiger partial charge in [-0.05, 0) is 118 Å². The molecule has 9 N–H and O–H groups in total. The van der Waals surface area contributed by atoms with Gasteiger partial charge in [-0.2, -0.15) is 0 Å². The number of aromatic nitrogens is 9. The van der Waals surface area contributed by atoms with Crippen molar-refractivity contribution in [3.8, 4) is 47.0 Å². The molecule has 0 saturated carbocycles. The first-order valence-electron chi connectivity index (χ1n) is 37.3. The van der Waals surface area contributed by atoms with E-state index in [-0.39, 0.29) is 28.8 Å². The first kappa shape index (κ1) is 80.5. The Hall–Kier alpha value is -13.6. The van der Waals surface area contributed by atoms with Crippen molar-refractivity contribution in [2.75, 3.05) is 140 Å². The fourth-order valence-electron chi connectivity index (χ4n) is 13.1. The van der Waals surface area contributed by atoms with E-state index in [0.717, 1.165) is 130 Å². The Morgan fingerprint density at radius 2 is 0.741 bits per heavy atom. The minimum absolute atomic E-state index is 0.153. The van der Waals surface area contributed by atoms with Crippen LogP contribution < -0.4 is 42.6 Å². The number of piperazine rings is 3. The van der Waals surface area contributed by atoms with Crippen molar-refractivity contribution in [2.24, 2.45) is 0 Å². The lowest BCUT2D eigenvalue weighted by Gasteiger charge is -2.32. The smallest absolute Gasteiger partial charge is 0.496 e. The number of rotatable bonds is 14. The van der Waals surface area contributed by atoms with Crippen molar-refractivity contribution >= 4 is 84.9 Å². The molecule has 3 fully saturated rings. The van der Waals surface area contributed by atoms with E-state index in [0.29, 0.717) is 96.3 Å². The van der Waals surface area contributed by atoms with E-state index in [1.54, 1.807) is 87.1 Å². The molecule has 0 aliphatic carbocycles. The summed E-state index contributed by atoms with van der Waals surface area (Å²) in [4.78, 5) is 90.6. The number of carbonyl (C=O) groups excluding carboxylic acids is 3. The van der Waals surface area contributed by atoms with Crippen LogP contribution in [0.2, 0.25) is 0 Å². The van der Waals surface area contributed by atoms with Gasteiger partial charge in [0.15, 0.2) is 0 Å². The topological polar surface area (TPSA) is 319 Å². The molecule has 3 amide bonds. The number of aryl methyl sites for hydroxylation is 1. The number of nitrogen functional groups attached to an aromatic ring is 3. The zero-order valence-electron chi connectivity index (χ0n) is 64.5. The highest BCUT2D eigenvalue weighted by Crippen LogP contribution is 2.33. The fourth-order valence-corrected chi connectivity index (χ4v) is 13.1. The van der Waals surface area contributed by atoms with Crippen LogP contribution in [0.5, 0.6) is 11.5 Å². The quantitative estimate of drug-likeness (QED) is 0.0551. The number of amides is 3. The van der Waals surface area contributed by atoms with Gasteiger partial charge < -0.3 is 57.3 Å². The van der Waals surface area contributed by atoms with Gasteiger partial charge in [0.1, 0.15) is 45.5 Å². The fraction of sp³-hybridized carbons (Fsp3) is 0.241. The van der Waals surface area contributed by atoms with Crippen LogP contribution in [-0.2, 0) is 19.6 Å². The maximum Gasteiger partial charge on any atom is 0.573 e. The van der Waals surface area contributed by atoms with Crippen molar-refractivity contribution in [1.82, 2.24) is 74.3 Å². The number of likely N-dealkylation sites (N-methyl/N-ethyl adjacent to an activating group) is 3. The van der Waals surface area contributed by atoms with E-state index in [1.807, 2.05) is 67.7 Å². The predicted molar refractivity (Wildman–Crippen MR) is 442 cm³/mol. The highest BCUT2D eigenvalue weighted by atomic mass is 19.4. The van der Waals surface area contributed by atoms with Crippen LogP contribution in [0.25, 0.3) is 32.7 Å². The zero-order valence-corrected chi connectivity index (χ0v) is 64.5. The van der Waals surface area contributed by atoms with Gasteiger partial charge in [-0.3, -0.25) is 59.0 Å². The average molecular weight is 1560 g/mol. The first-order valence-corrected chi connectivity index (χ1v) is 37.3. The number of methoxy groups -OCH3 is 1. The summed E-state index contributed by atoms with van der Waals surface area (Å²) < 4.78 is 49.5. The maximum atomic E-state index is 13.2. The van der Waals surface area contributed by atoms with Gasteiger partial charge in [0.25, 0.3) is 17.7 Å². The second kappa shape index (κ2) is 37.4. The van der Waals surface area contributed by atoms with Gasteiger partial charge in [-0.15, -0.1) is 13.2 Å². The number of carbonyl (C=O) groups is 3. The Kier molecular flexibility index (Phi) is 25.9. The second-order valence-electron chi connectivity index (χ2n) is 28.1. The number of alkyl halides is 3. The molecule has 0 unspecified atom stereocenters. The maximum absolute atomic E-state index is 13.2. The molecule has 12 aromatic rings. The molecule has 0 spiro atoms. The van der Waals surface area contributed by atoms with E-state index < -0.39 is 12.3 Å². The summed E-state index contributed by atoms with van der Waals surface area (Å²) in [6.45, 7) is 15.7. The summed E-state index contributed by atoms with van der Waals surface area (Å²) in [5.74, 6) is 18.7. The third kappa shape index (κ3) is 21.4. The minimum atomic E-state index is -4.88. The van der Waals surface area contributed by atoms with E-state index >= 15 is 0 Å². The normalized spacial score (nSPS) is 14.2. The van der Waals surface area contributed by atoms with E-state index in [9.17, 15) is 27.6 Å². The molecule has 3 saturated heterocycles. The van der Waals surface area contributed by atoms with Crippen molar-refractivity contribution in [2.45, 2.75) is 32.9 Å². The standard InChI is InChI=1S/C29H26F3N7O2.C29H29N7O2.C29H29N7O/c1-38-9-11-39(12-10-38)18-21-6-7-23(14-25(21)41-29(30,31)32)37-28(40)22-13-19(15-34-16-22)4-5-20-17-36-27(33)26-24(20)3-2-8-35-26;1-35-10-12-36(13-11-35)19-22-7-8-24(15-26(22)38-2)34-29(37)23-14-20(16-31-17-23)5-6-21-18-33-28(30)27-25(21)4-3-9-32-27;1-20-14-25(8-7-23(20)19-36-12-10-35(2)11-13-36)34-29(37)24-15-21(16-31-17-24)5-6-22-18-33-28(30)27-26(22)4-3-9-32-27/h2-3,6-8,13-17H,9-12,18H2,1H3,(H2,33,36)(H,37,40);3-4,7-9,14-18H,10-13,19H2,1-2H3,(H2,30,33)(H,34,37);3-4,7-9,14-18H,10-13,19H2,1-2H3,(H2,30,33)(H,34,37). The number of halogens is 3. The molecule has 3 aliphatic rings. The molecular formula is C87H84F3N21O5. The van der Waals surface area contributed by atoms with Gasteiger partial charge in [-0.25, -0.2) is 15.0 Å². The van der Waals surface area contributed by atoms with E-state index in [1.165, 1.54) is 42.4 Å². The van der Waals surface area contributed by atoms with Crippen molar-refractivity contribution in [3.05, 3.63) is 256 Å². The van der Waals surface area contributed by atoms with Crippen molar-refractivity contribution < 1.29 is 37.0 Å². The van der Waals surface area contributed by atoms with E-state index in [4.69, 9.17) is 21.9 Å². The van der Waals surface area contributed by atoms with Gasteiger partial charge in [-0.1, -0.05) is 53.7 Å². The number of hydrogen-bond donors (Lipinski definition) is 6. The average Bonchev–Trinajstić information content (AvgIpc) is 0.816. The SMILES string of the molecule is CN1CCN(Cc2ccc(NC(=O)c3cncc(C#Cc4cnc(N)c5ncccc45)c3)cc2OC(F)(F)F)CC1.COc1cc(NC(=O)c2cncc(C#Cc3cnc(N)c4ncccc34)c2)ccc1CN1CCN(C)CC1.Cc1cc(NC(=O)c2cncc(C#Cc3cnc(N)c4ncccc34)c2)ccc1CN1CCN(C)CC1. The molecule has 26 nitrogen and oxygen atoms in total. The number of nitrogens with two attached hydrogens (primary N) is 3. The molecule has 0 atom stereocenters. The lowest BCUT2D eigenvalue weighted by Crippen LogP contribution is -2.43. The van der Waals surface area contributed by atoms with Crippen LogP contribution in [0.3, 0.4) is 0 Å². The summed E-state index contributed by atoms with van der Waals surface area (Å²) in [7, 11) is 7.96. The molecule has 0 bridgehead atoms. The number of nitrogens with one attached hydrogen (secondary N) is 3. The van der Waals surface area contributed by atoms with Gasteiger partial charge in [0.05, 0.1) is 40.5 Å². The number of nitrogens with zero attached hydrogens (tertiary/aromatic N) is 15. The summed E-state index contributed by atoms with van der Waals surface area (Å²) in [5.41, 5.74) is 29.7. The van der Waals surface area contributed by atoms with Gasteiger partial charge >= 0.3 is 6.36 Å². The van der Waals surface area contributed by atoms with Crippen LogP contribution in [0.1, 0.15) is 86.7 Å². The third-order valence-electron chi connectivity index (χ3n) is 19.7. The van der Waals surface area contributed by atoms with Crippen LogP contribution in [0.15, 0.2) is 184 Å². The minimum Gasteiger partial charge on any atom is -0.496 e. The molecule has 3 aromatic carbocycles.